The van der Waals surface area contributed by atoms with Gasteiger partial charge in [-0.15, -0.1) is 0 Å². The third kappa shape index (κ3) is 46.4. The van der Waals surface area contributed by atoms with Crippen LogP contribution in [0, 0.1) is 0 Å². The van der Waals surface area contributed by atoms with Crippen molar-refractivity contribution in [1.82, 2.24) is 5.32 Å². The van der Waals surface area contributed by atoms with Gasteiger partial charge in [0.05, 0.1) is 32.0 Å². The number of rotatable bonds is 64. The molecule has 12 unspecified atom stereocenters. The van der Waals surface area contributed by atoms with Gasteiger partial charge >= 0.3 is 0 Å². The number of allylic oxidation sites excluding steroid dienone is 11. The van der Waals surface area contributed by atoms with E-state index in [9.17, 15) is 45.6 Å². The average Bonchev–Trinajstić information content (AvgIpc) is 0.852. The third-order valence-electron chi connectivity index (χ3n) is 18.6. The molecule has 2 saturated heterocycles. The fourth-order valence-electron chi connectivity index (χ4n) is 12.6. The molecule has 14 nitrogen and oxygen atoms in total. The molecule has 2 rings (SSSR count). The number of hydrogen-bond acceptors (Lipinski definition) is 13. The molecular formula is C79H143NO13. The molecule has 0 radical (unpaired) electrons. The number of aliphatic hydroxyl groups is 8. The Labute approximate surface area is 568 Å². The van der Waals surface area contributed by atoms with E-state index in [1.165, 1.54) is 231 Å². The van der Waals surface area contributed by atoms with Crippen LogP contribution in [0.5, 0.6) is 0 Å². The number of aliphatic hydroxyl groups excluding tert-OH is 8. The van der Waals surface area contributed by atoms with Crippen molar-refractivity contribution >= 4 is 5.91 Å². The molecule has 2 heterocycles. The first-order valence-electron chi connectivity index (χ1n) is 38.7. The monoisotopic (exact) mass is 1310 g/mol. The molecule has 1 amide bonds. The van der Waals surface area contributed by atoms with Gasteiger partial charge in [0.2, 0.25) is 5.91 Å². The second-order valence-electron chi connectivity index (χ2n) is 27.1. The number of nitrogens with one attached hydrogen (secondary N) is 1. The van der Waals surface area contributed by atoms with Gasteiger partial charge in [-0.25, -0.2) is 0 Å². The molecule has 2 aliphatic heterocycles. The van der Waals surface area contributed by atoms with Gasteiger partial charge in [-0.1, -0.05) is 331 Å². The minimum Gasteiger partial charge on any atom is -0.394 e. The lowest BCUT2D eigenvalue weighted by atomic mass is 9.97. The number of ether oxygens (including phenoxy) is 4. The number of unbranched alkanes of at least 4 members (excludes halogenated alkanes) is 41. The van der Waals surface area contributed by atoms with Crippen molar-refractivity contribution in [3.63, 3.8) is 0 Å². The molecule has 14 heteroatoms. The van der Waals surface area contributed by atoms with Crippen LogP contribution in [0.4, 0.5) is 0 Å². The van der Waals surface area contributed by atoms with Crippen LogP contribution in [-0.4, -0.2) is 140 Å². The Morgan fingerprint density at radius 1 is 0.398 bits per heavy atom. The van der Waals surface area contributed by atoms with E-state index >= 15 is 0 Å². The van der Waals surface area contributed by atoms with E-state index in [-0.39, 0.29) is 18.9 Å². The van der Waals surface area contributed by atoms with Gasteiger partial charge in [-0.3, -0.25) is 4.79 Å². The molecule has 0 saturated carbocycles. The largest absolute Gasteiger partial charge is 0.394 e. The molecule has 0 spiro atoms. The van der Waals surface area contributed by atoms with E-state index in [0.717, 1.165) is 70.6 Å². The summed E-state index contributed by atoms with van der Waals surface area (Å²) >= 11 is 0. The Balaban J connectivity index is 1.60. The topological polar surface area (TPSA) is 228 Å². The van der Waals surface area contributed by atoms with E-state index in [0.29, 0.717) is 6.42 Å². The molecule has 542 valence electrons. The number of amides is 1. The molecule has 2 aliphatic rings. The highest BCUT2D eigenvalue weighted by molar-refractivity contribution is 5.76. The smallest absolute Gasteiger partial charge is 0.220 e. The number of carbonyl (C=O) groups excluding carboxylic acids is 1. The predicted molar refractivity (Wildman–Crippen MR) is 383 cm³/mol. The van der Waals surface area contributed by atoms with Crippen molar-refractivity contribution in [2.45, 2.75) is 402 Å². The summed E-state index contributed by atoms with van der Waals surface area (Å²) in [6.07, 6.45) is 69.7. The Hall–Kier alpha value is -2.57. The first-order chi connectivity index (χ1) is 45.6. The molecule has 0 bridgehead atoms. The van der Waals surface area contributed by atoms with Crippen LogP contribution in [0.3, 0.4) is 0 Å². The molecular weight excluding hydrogens is 1170 g/mol. The van der Waals surface area contributed by atoms with Crippen molar-refractivity contribution in [3.8, 4) is 0 Å². The van der Waals surface area contributed by atoms with Crippen molar-refractivity contribution < 1.29 is 64.6 Å². The minimum atomic E-state index is -1.79. The predicted octanol–water partition coefficient (Wildman–Crippen LogP) is 17.0. The molecule has 0 aliphatic carbocycles. The number of hydrogen-bond donors (Lipinski definition) is 9. The van der Waals surface area contributed by atoms with Gasteiger partial charge in [0.25, 0.3) is 0 Å². The Morgan fingerprint density at radius 3 is 1.14 bits per heavy atom. The lowest BCUT2D eigenvalue weighted by Crippen LogP contribution is -2.65. The van der Waals surface area contributed by atoms with Gasteiger partial charge in [0.15, 0.2) is 12.6 Å². The third-order valence-corrected chi connectivity index (χ3v) is 18.6. The van der Waals surface area contributed by atoms with E-state index in [1.54, 1.807) is 6.08 Å². The average molecular weight is 1320 g/mol. The maximum atomic E-state index is 13.4. The summed E-state index contributed by atoms with van der Waals surface area (Å²) in [5.74, 6) is -0.234. The van der Waals surface area contributed by atoms with Crippen LogP contribution in [-0.2, 0) is 23.7 Å². The van der Waals surface area contributed by atoms with Crippen LogP contribution in [0.1, 0.15) is 328 Å². The van der Waals surface area contributed by atoms with Gasteiger partial charge in [0, 0.05) is 6.42 Å². The second-order valence-corrected chi connectivity index (χ2v) is 27.1. The first kappa shape index (κ1) is 86.5. The summed E-state index contributed by atoms with van der Waals surface area (Å²) in [5.41, 5.74) is 0. The van der Waals surface area contributed by atoms with Crippen molar-refractivity contribution in [3.05, 3.63) is 72.9 Å². The molecule has 93 heavy (non-hydrogen) atoms. The fraction of sp³-hybridized carbons (Fsp3) is 0.835. The Bertz CT molecular complexity index is 1840. The molecule has 9 N–H and O–H groups in total. The van der Waals surface area contributed by atoms with Gasteiger partial charge in [-0.05, 0) is 64.2 Å². The van der Waals surface area contributed by atoms with Crippen LogP contribution in [0.2, 0.25) is 0 Å². The summed E-state index contributed by atoms with van der Waals surface area (Å²) in [6, 6.07) is -0.917. The van der Waals surface area contributed by atoms with Crippen LogP contribution >= 0.6 is 0 Å². The van der Waals surface area contributed by atoms with Gasteiger partial charge < -0.3 is 65.1 Å². The zero-order valence-corrected chi connectivity index (χ0v) is 59.2. The molecule has 2 fully saturated rings. The summed E-state index contributed by atoms with van der Waals surface area (Å²) in [7, 11) is 0. The minimum absolute atomic E-state index is 0.234. The van der Waals surface area contributed by atoms with Crippen molar-refractivity contribution in [2.75, 3.05) is 19.8 Å². The van der Waals surface area contributed by atoms with Crippen LogP contribution < -0.4 is 5.32 Å². The molecule has 12 atom stereocenters. The van der Waals surface area contributed by atoms with E-state index in [4.69, 9.17) is 18.9 Å². The second kappa shape index (κ2) is 62.9. The maximum Gasteiger partial charge on any atom is 0.220 e. The van der Waals surface area contributed by atoms with Crippen LogP contribution in [0.15, 0.2) is 72.9 Å². The van der Waals surface area contributed by atoms with Crippen LogP contribution in [0.25, 0.3) is 0 Å². The van der Waals surface area contributed by atoms with E-state index < -0.39 is 86.8 Å². The zero-order chi connectivity index (χ0) is 67.3. The maximum absolute atomic E-state index is 13.4. The molecule has 0 aromatic heterocycles. The molecule has 0 aromatic rings. The standard InChI is InChI=1S/C79H143NO13/c1-3-5-7-9-11-13-15-17-19-21-23-25-27-28-29-30-31-32-33-34-35-36-37-38-39-40-41-43-45-47-49-51-53-55-57-59-61-63-71(84)80-67(66-90-78-76(89)74(87)77(70(65-82)92-78)93-79-75(88)73(86)72(85)69(64-81)91-79)68(83)62-60-58-56-54-52-50-48-46-44-42-26-24-22-20-18-16-14-12-10-8-6-4-2/h5,7,11,13,17,19,23,25,28-29,60,62,67-70,72-79,81-83,85-89H,3-4,6,8-10,12,14-16,18,20-22,24,26-27,30-59,61,63-66H2,1-2H3,(H,80,84)/b7-5-,13-11-,19-17-,25-23-,29-28-,62-60+. The summed E-state index contributed by atoms with van der Waals surface area (Å²) in [5, 5.41) is 87.6. The lowest BCUT2D eigenvalue weighted by Gasteiger charge is -2.46. The zero-order valence-electron chi connectivity index (χ0n) is 59.2. The highest BCUT2D eigenvalue weighted by Gasteiger charge is 2.51. The van der Waals surface area contributed by atoms with E-state index in [2.05, 4.69) is 79.9 Å². The Kier molecular flexibility index (Phi) is 58.5. The first-order valence-corrected chi connectivity index (χ1v) is 38.7. The SMILES string of the molecule is CC/C=C\C/C=C\C/C=C\C/C=C\C/C=C\CCCCCCCCCCCCCCCCCCCCCCCC(=O)NC(COC1OC(CO)C(OC2OC(CO)C(O)C(O)C2O)C(O)C1O)C(O)/C=C/CCCCCCCCCCCCCCCCCCCCCC. The van der Waals surface area contributed by atoms with Gasteiger partial charge in [0.1, 0.15) is 48.8 Å². The summed E-state index contributed by atoms with van der Waals surface area (Å²) in [6.45, 7) is 2.73. The fourth-order valence-corrected chi connectivity index (χ4v) is 12.6. The number of carbonyl (C=O) groups is 1. The summed E-state index contributed by atoms with van der Waals surface area (Å²) < 4.78 is 22.9. The van der Waals surface area contributed by atoms with Crippen molar-refractivity contribution in [1.29, 1.82) is 0 Å². The lowest BCUT2D eigenvalue weighted by molar-refractivity contribution is -0.359. The quantitative estimate of drug-likeness (QED) is 0.0204. The normalized spacial score (nSPS) is 22.9. The van der Waals surface area contributed by atoms with Crippen molar-refractivity contribution in [2.24, 2.45) is 0 Å². The van der Waals surface area contributed by atoms with Gasteiger partial charge in [-0.2, -0.15) is 0 Å². The van der Waals surface area contributed by atoms with E-state index in [1.807, 2.05) is 6.08 Å². The highest BCUT2D eigenvalue weighted by atomic mass is 16.7. The summed E-state index contributed by atoms with van der Waals surface area (Å²) in [4.78, 5) is 13.4. The Morgan fingerprint density at radius 2 is 0.742 bits per heavy atom. The molecule has 0 aromatic carbocycles. The highest BCUT2D eigenvalue weighted by Crippen LogP contribution is 2.30.